The van der Waals surface area contributed by atoms with Crippen molar-refractivity contribution < 1.29 is 19.0 Å². The smallest absolute Gasteiger partial charge is 0.305 e. The first-order valence-corrected chi connectivity index (χ1v) is 13.2. The molecule has 10 heteroatoms. The molecule has 1 fully saturated rings. The van der Waals surface area contributed by atoms with E-state index in [1.807, 2.05) is 18.2 Å². The van der Waals surface area contributed by atoms with E-state index in [9.17, 15) is 14.3 Å². The number of benzene rings is 2. The molecule has 2 aromatic carbocycles. The van der Waals surface area contributed by atoms with Gasteiger partial charge in [-0.25, -0.2) is 9.38 Å². The number of halogens is 1. The average Bonchev–Trinajstić information content (AvgIpc) is 3.60. The maximum absolute atomic E-state index is 14.1. The van der Waals surface area contributed by atoms with Crippen LogP contribution in [-0.2, 0) is 17.8 Å². The van der Waals surface area contributed by atoms with Crippen LogP contribution in [0.5, 0.6) is 5.75 Å². The van der Waals surface area contributed by atoms with E-state index in [0.717, 1.165) is 21.6 Å². The Morgan fingerprint density at radius 2 is 1.97 bits per heavy atom. The standard InChI is InChI=1S/C28H32FN5O3S/c1-34(2)28(31)33-27(30)32-21(15-26(35)36)13-17-3-8-22(9-4-17)37-16-19-14-20(29)7-10-23(19)25-12-11-24(38-25)18-5-6-18/h3-4,7-12,14,18,21H,5-6,13,15-16H2,1-2H3,(H,35,36)(H4,30,31,32,33). The highest BCUT2D eigenvalue weighted by molar-refractivity contribution is 7.15. The summed E-state index contributed by atoms with van der Waals surface area (Å²) in [5.74, 6) is 0.0258. The highest BCUT2D eigenvalue weighted by Crippen LogP contribution is 2.45. The maximum Gasteiger partial charge on any atom is 0.305 e. The topological polar surface area (TPSA) is 124 Å². The summed E-state index contributed by atoms with van der Waals surface area (Å²) in [6.45, 7) is 0.217. The Labute approximate surface area is 225 Å². The molecule has 1 heterocycles. The fourth-order valence-electron chi connectivity index (χ4n) is 3.99. The zero-order valence-corrected chi connectivity index (χ0v) is 22.2. The van der Waals surface area contributed by atoms with Crippen molar-refractivity contribution >= 4 is 29.2 Å². The third-order valence-electron chi connectivity index (χ3n) is 6.15. The number of carbonyl (C=O) groups is 1. The lowest BCUT2D eigenvalue weighted by molar-refractivity contribution is -0.137. The summed E-state index contributed by atoms with van der Waals surface area (Å²) in [7, 11) is 3.37. The molecule has 1 saturated carbocycles. The van der Waals surface area contributed by atoms with Gasteiger partial charge in [0.25, 0.3) is 0 Å². The highest BCUT2D eigenvalue weighted by Gasteiger charge is 2.25. The Morgan fingerprint density at radius 1 is 1.24 bits per heavy atom. The summed E-state index contributed by atoms with van der Waals surface area (Å²) in [5, 5.41) is 19.7. The molecule has 3 aromatic rings. The molecule has 0 saturated heterocycles. The van der Waals surface area contributed by atoms with Gasteiger partial charge < -0.3 is 20.5 Å². The van der Waals surface area contributed by atoms with Crippen LogP contribution in [0.15, 0.2) is 59.6 Å². The van der Waals surface area contributed by atoms with Gasteiger partial charge in [0.15, 0.2) is 11.9 Å². The van der Waals surface area contributed by atoms with E-state index in [1.54, 1.807) is 37.6 Å². The number of aliphatic carboxylic acids is 1. The Morgan fingerprint density at radius 3 is 2.63 bits per heavy atom. The maximum atomic E-state index is 14.1. The molecule has 0 spiro atoms. The largest absolute Gasteiger partial charge is 0.489 e. The van der Waals surface area contributed by atoms with Crippen LogP contribution in [0.25, 0.3) is 10.4 Å². The van der Waals surface area contributed by atoms with E-state index in [2.05, 4.69) is 22.4 Å². The van der Waals surface area contributed by atoms with Gasteiger partial charge in [-0.1, -0.05) is 18.2 Å². The number of hydrogen-bond donors (Lipinski definition) is 4. The molecule has 1 atom stereocenters. The van der Waals surface area contributed by atoms with Crippen molar-refractivity contribution in [3.8, 4) is 16.2 Å². The normalized spacial score (nSPS) is 14.1. The molecule has 200 valence electrons. The highest BCUT2D eigenvalue weighted by atomic mass is 32.1. The summed E-state index contributed by atoms with van der Waals surface area (Å²) in [4.78, 5) is 19.6. The van der Waals surface area contributed by atoms with Gasteiger partial charge in [-0.2, -0.15) is 0 Å². The third kappa shape index (κ3) is 7.55. The van der Waals surface area contributed by atoms with E-state index >= 15 is 0 Å². The summed E-state index contributed by atoms with van der Waals surface area (Å²) >= 11 is 1.76. The molecule has 0 radical (unpaired) electrons. The van der Waals surface area contributed by atoms with Crippen LogP contribution in [0.2, 0.25) is 0 Å². The number of nitrogens with zero attached hydrogens (tertiary/aromatic N) is 2. The van der Waals surface area contributed by atoms with Crippen LogP contribution in [0, 0.1) is 11.2 Å². The van der Waals surface area contributed by atoms with Gasteiger partial charge in [0.2, 0.25) is 0 Å². The molecule has 1 aliphatic carbocycles. The zero-order valence-electron chi connectivity index (χ0n) is 21.4. The van der Waals surface area contributed by atoms with Crippen LogP contribution < -0.4 is 15.8 Å². The molecule has 1 unspecified atom stereocenters. The first kappa shape index (κ1) is 27.1. The number of guanidine groups is 2. The lowest BCUT2D eigenvalue weighted by atomic mass is 10.0. The van der Waals surface area contributed by atoms with Crippen molar-refractivity contribution in [2.24, 2.45) is 10.7 Å². The first-order chi connectivity index (χ1) is 18.2. The molecule has 4 rings (SSSR count). The number of nitrogens with one attached hydrogen (secondary N) is 2. The summed E-state index contributed by atoms with van der Waals surface area (Å²) in [6, 6.07) is 15.8. The fourth-order valence-corrected chi connectivity index (χ4v) is 5.23. The number of thiophene rings is 1. The predicted molar refractivity (Wildman–Crippen MR) is 148 cm³/mol. The van der Waals surface area contributed by atoms with Gasteiger partial charge in [-0.15, -0.1) is 11.3 Å². The minimum atomic E-state index is -0.991. The second-order valence-corrected chi connectivity index (χ2v) is 10.7. The van der Waals surface area contributed by atoms with Crippen molar-refractivity contribution in [2.75, 3.05) is 14.1 Å². The van der Waals surface area contributed by atoms with Crippen molar-refractivity contribution in [2.45, 2.75) is 44.2 Å². The number of ether oxygens (including phenoxy) is 1. The zero-order chi connectivity index (χ0) is 27.2. The van der Waals surface area contributed by atoms with E-state index in [0.29, 0.717) is 18.1 Å². The molecular weight excluding hydrogens is 505 g/mol. The summed E-state index contributed by atoms with van der Waals surface area (Å²) < 4.78 is 20.1. The second-order valence-electron chi connectivity index (χ2n) is 9.55. The van der Waals surface area contributed by atoms with Crippen LogP contribution in [0.1, 0.15) is 41.2 Å². The first-order valence-electron chi connectivity index (χ1n) is 12.4. The van der Waals surface area contributed by atoms with Crippen molar-refractivity contribution in [1.82, 2.24) is 10.2 Å². The lowest BCUT2D eigenvalue weighted by Crippen LogP contribution is -2.44. The Kier molecular flexibility index (Phi) is 8.62. The second kappa shape index (κ2) is 12.1. The molecule has 0 aliphatic heterocycles. The number of carboxylic acid groups (broad SMARTS) is 1. The minimum Gasteiger partial charge on any atom is -0.489 e. The van der Waals surface area contributed by atoms with Crippen LogP contribution in [0.4, 0.5) is 4.39 Å². The van der Waals surface area contributed by atoms with Gasteiger partial charge in [0.1, 0.15) is 18.2 Å². The van der Waals surface area contributed by atoms with E-state index < -0.39 is 12.0 Å². The Balaban J connectivity index is 1.41. The number of hydrogen-bond acceptors (Lipinski definition) is 5. The molecule has 8 nitrogen and oxygen atoms in total. The van der Waals surface area contributed by atoms with E-state index in [4.69, 9.17) is 15.9 Å². The van der Waals surface area contributed by atoms with Gasteiger partial charge in [-0.3, -0.25) is 15.5 Å². The number of nitrogens with two attached hydrogens (primary N) is 1. The molecule has 5 N–H and O–H groups in total. The fraction of sp³-hybridized carbons (Fsp3) is 0.321. The molecule has 1 aromatic heterocycles. The number of rotatable bonds is 10. The minimum absolute atomic E-state index is 0.0178. The molecule has 0 amide bonds. The summed E-state index contributed by atoms with van der Waals surface area (Å²) in [6.07, 6.45) is 2.62. The predicted octanol–water partition coefficient (Wildman–Crippen LogP) is 4.80. The third-order valence-corrected chi connectivity index (χ3v) is 7.43. The van der Waals surface area contributed by atoms with Crippen LogP contribution >= 0.6 is 11.3 Å². The Bertz CT molecular complexity index is 1320. The molecule has 38 heavy (non-hydrogen) atoms. The number of aliphatic imine (C=N–C) groups is 1. The van der Waals surface area contributed by atoms with Crippen molar-refractivity contribution in [3.63, 3.8) is 0 Å². The van der Waals surface area contributed by atoms with Gasteiger partial charge in [-0.05, 0) is 72.7 Å². The van der Waals surface area contributed by atoms with Gasteiger partial charge in [0, 0.05) is 29.4 Å². The lowest BCUT2D eigenvalue weighted by Gasteiger charge is -2.17. The van der Waals surface area contributed by atoms with E-state index in [-0.39, 0.29) is 30.8 Å². The van der Waals surface area contributed by atoms with Crippen molar-refractivity contribution in [3.05, 3.63) is 76.4 Å². The molecular formula is C28H32FN5O3S. The molecule has 1 aliphatic rings. The van der Waals surface area contributed by atoms with Gasteiger partial charge in [0.05, 0.1) is 12.5 Å². The monoisotopic (exact) mass is 537 g/mol. The van der Waals surface area contributed by atoms with Crippen LogP contribution in [-0.4, -0.2) is 48.0 Å². The molecule has 0 bridgehead atoms. The Hall–Kier alpha value is -3.92. The average molecular weight is 538 g/mol. The van der Waals surface area contributed by atoms with Crippen LogP contribution in [0.3, 0.4) is 0 Å². The van der Waals surface area contributed by atoms with E-state index in [1.165, 1.54) is 34.8 Å². The summed E-state index contributed by atoms with van der Waals surface area (Å²) in [5.41, 5.74) is 8.49. The SMILES string of the molecule is CN(C)C(=N)N/C(N)=N/C(CC(=O)O)Cc1ccc(OCc2cc(F)ccc2-c2ccc(C3CC3)s2)cc1. The number of carboxylic acids is 1. The van der Waals surface area contributed by atoms with Crippen molar-refractivity contribution in [1.29, 1.82) is 5.41 Å². The van der Waals surface area contributed by atoms with Gasteiger partial charge >= 0.3 is 5.97 Å². The quantitative estimate of drug-likeness (QED) is 0.218.